The molecule has 1 heterocycles. The lowest BCUT2D eigenvalue weighted by molar-refractivity contribution is 0.194. The second-order valence-electron chi connectivity index (χ2n) is 3.95. The van der Waals surface area contributed by atoms with Gasteiger partial charge in [-0.2, -0.15) is 0 Å². The van der Waals surface area contributed by atoms with Crippen LogP contribution in [0.1, 0.15) is 6.92 Å². The van der Waals surface area contributed by atoms with Crippen molar-refractivity contribution in [3.63, 3.8) is 0 Å². The van der Waals surface area contributed by atoms with Crippen LogP contribution in [0, 0.1) is 0 Å². The molecule has 0 saturated heterocycles. The van der Waals surface area contributed by atoms with E-state index in [1.807, 2.05) is 18.2 Å². The molecule has 0 bridgehead atoms. The van der Waals surface area contributed by atoms with E-state index in [0.29, 0.717) is 13.2 Å². The van der Waals surface area contributed by atoms with Crippen molar-refractivity contribution < 1.29 is 14.6 Å². The maximum Gasteiger partial charge on any atom is 0.146 e. The fourth-order valence-corrected chi connectivity index (χ4v) is 1.97. The minimum Gasteiger partial charge on any atom is -0.494 e. The summed E-state index contributed by atoms with van der Waals surface area (Å²) in [5, 5.41) is 9.47. The number of β-amino-alcohol motifs (C(OH)–C–C–N with tert-alkyl or cyclic N) is 1. The molecule has 1 N–H and O–H groups in total. The number of fused-ring (bicyclic) bond motifs is 1. The highest BCUT2D eigenvalue weighted by Crippen LogP contribution is 2.39. The molecule has 88 valence electrons. The topological polar surface area (TPSA) is 41.9 Å². The summed E-state index contributed by atoms with van der Waals surface area (Å²) in [5.74, 6) is 1.61. The van der Waals surface area contributed by atoms with E-state index in [2.05, 4.69) is 4.90 Å². The van der Waals surface area contributed by atoms with Crippen LogP contribution >= 0.6 is 0 Å². The summed E-state index contributed by atoms with van der Waals surface area (Å²) in [6.07, 6.45) is -0.365. The Labute approximate surface area is 95.4 Å². The van der Waals surface area contributed by atoms with Gasteiger partial charge in [-0.05, 0) is 19.1 Å². The number of rotatable bonds is 3. The van der Waals surface area contributed by atoms with Crippen LogP contribution in [0.15, 0.2) is 18.2 Å². The lowest BCUT2D eigenvalue weighted by atomic mass is 10.2. The number of methoxy groups -OCH3 is 1. The van der Waals surface area contributed by atoms with Crippen molar-refractivity contribution in [3.05, 3.63) is 18.2 Å². The number of anilines is 1. The molecule has 1 aromatic rings. The van der Waals surface area contributed by atoms with Gasteiger partial charge in [0.15, 0.2) is 0 Å². The van der Waals surface area contributed by atoms with Gasteiger partial charge in [-0.25, -0.2) is 0 Å². The van der Waals surface area contributed by atoms with Crippen molar-refractivity contribution >= 4 is 5.69 Å². The summed E-state index contributed by atoms with van der Waals surface area (Å²) in [6.45, 7) is 3.80. The lowest BCUT2D eigenvalue weighted by Gasteiger charge is -2.33. The maximum atomic E-state index is 9.47. The number of aliphatic hydroxyl groups is 1. The van der Waals surface area contributed by atoms with E-state index in [0.717, 1.165) is 23.7 Å². The fraction of sp³-hybridized carbons (Fsp3) is 0.500. The van der Waals surface area contributed by atoms with E-state index in [1.54, 1.807) is 14.0 Å². The van der Waals surface area contributed by atoms with Crippen molar-refractivity contribution in [2.45, 2.75) is 13.0 Å². The average Bonchev–Trinajstić information content (AvgIpc) is 2.28. The zero-order chi connectivity index (χ0) is 11.5. The standard InChI is InChI=1S/C12H17NO3/c1-9(14)8-13-6-7-16-11-5-3-4-10(15-2)12(11)13/h3-5,9,14H,6-8H2,1-2H3. The van der Waals surface area contributed by atoms with Crippen LogP contribution in [-0.2, 0) is 0 Å². The quantitative estimate of drug-likeness (QED) is 0.838. The molecular weight excluding hydrogens is 206 g/mol. The predicted octanol–water partition coefficient (Wildman–Crippen LogP) is 1.27. The Morgan fingerprint density at radius 2 is 2.38 bits per heavy atom. The number of hydrogen-bond donors (Lipinski definition) is 1. The third-order valence-corrected chi connectivity index (χ3v) is 2.60. The Morgan fingerprint density at radius 3 is 3.06 bits per heavy atom. The van der Waals surface area contributed by atoms with Gasteiger partial charge in [0.1, 0.15) is 23.8 Å². The highest BCUT2D eigenvalue weighted by atomic mass is 16.5. The first-order valence-electron chi connectivity index (χ1n) is 5.45. The first kappa shape index (κ1) is 11.1. The van der Waals surface area contributed by atoms with E-state index in [9.17, 15) is 5.11 Å². The molecule has 0 saturated carbocycles. The van der Waals surface area contributed by atoms with Crippen molar-refractivity contribution in [2.24, 2.45) is 0 Å². The zero-order valence-electron chi connectivity index (χ0n) is 9.64. The molecule has 16 heavy (non-hydrogen) atoms. The van der Waals surface area contributed by atoms with Crippen molar-refractivity contribution in [1.29, 1.82) is 0 Å². The summed E-state index contributed by atoms with van der Waals surface area (Å²) >= 11 is 0. The van der Waals surface area contributed by atoms with E-state index in [4.69, 9.17) is 9.47 Å². The highest BCUT2D eigenvalue weighted by molar-refractivity contribution is 5.68. The lowest BCUT2D eigenvalue weighted by Crippen LogP contribution is -2.37. The number of ether oxygens (including phenoxy) is 2. The number of benzene rings is 1. The Kier molecular flexibility index (Phi) is 3.19. The fourth-order valence-electron chi connectivity index (χ4n) is 1.97. The number of aliphatic hydroxyl groups excluding tert-OH is 1. The van der Waals surface area contributed by atoms with Gasteiger partial charge < -0.3 is 19.5 Å². The first-order valence-corrected chi connectivity index (χ1v) is 5.45. The van der Waals surface area contributed by atoms with Gasteiger partial charge in [-0.1, -0.05) is 6.07 Å². The number of nitrogens with zero attached hydrogens (tertiary/aromatic N) is 1. The van der Waals surface area contributed by atoms with E-state index in [1.165, 1.54) is 0 Å². The zero-order valence-corrected chi connectivity index (χ0v) is 9.64. The van der Waals surface area contributed by atoms with Gasteiger partial charge in [0.2, 0.25) is 0 Å². The first-order chi connectivity index (χ1) is 7.72. The molecule has 0 amide bonds. The van der Waals surface area contributed by atoms with Gasteiger partial charge >= 0.3 is 0 Å². The Hall–Kier alpha value is -1.42. The molecule has 0 aromatic heterocycles. The van der Waals surface area contributed by atoms with Crippen LogP contribution < -0.4 is 14.4 Å². The van der Waals surface area contributed by atoms with Gasteiger partial charge in [0.05, 0.1) is 19.8 Å². The molecule has 4 nitrogen and oxygen atoms in total. The van der Waals surface area contributed by atoms with Crippen LogP contribution in [0.25, 0.3) is 0 Å². The maximum absolute atomic E-state index is 9.47. The van der Waals surface area contributed by atoms with Crippen molar-refractivity contribution in [3.8, 4) is 11.5 Å². The smallest absolute Gasteiger partial charge is 0.146 e. The Bertz CT molecular complexity index is 351. The Balaban J connectivity index is 2.35. The van der Waals surface area contributed by atoms with Gasteiger partial charge in [0.25, 0.3) is 0 Å². The largest absolute Gasteiger partial charge is 0.494 e. The summed E-state index contributed by atoms with van der Waals surface area (Å²) < 4.78 is 10.9. The molecule has 1 unspecified atom stereocenters. The summed E-state index contributed by atoms with van der Waals surface area (Å²) in [4.78, 5) is 2.10. The van der Waals surface area contributed by atoms with E-state index in [-0.39, 0.29) is 6.10 Å². The SMILES string of the molecule is COc1cccc2c1N(CC(C)O)CCO2. The molecule has 2 rings (SSSR count). The van der Waals surface area contributed by atoms with Crippen molar-refractivity contribution in [1.82, 2.24) is 0 Å². The van der Waals surface area contributed by atoms with Gasteiger partial charge in [-0.3, -0.25) is 0 Å². The highest BCUT2D eigenvalue weighted by Gasteiger charge is 2.22. The van der Waals surface area contributed by atoms with Gasteiger partial charge in [-0.15, -0.1) is 0 Å². The normalized spacial score (nSPS) is 16.3. The Morgan fingerprint density at radius 1 is 1.56 bits per heavy atom. The molecule has 0 aliphatic carbocycles. The molecule has 0 radical (unpaired) electrons. The van der Waals surface area contributed by atoms with Crippen LogP contribution in [0.2, 0.25) is 0 Å². The second kappa shape index (κ2) is 4.61. The summed E-state index contributed by atoms with van der Waals surface area (Å²) in [5.41, 5.74) is 0.942. The van der Waals surface area contributed by atoms with E-state index < -0.39 is 0 Å². The third kappa shape index (κ3) is 2.07. The number of hydrogen-bond acceptors (Lipinski definition) is 4. The predicted molar refractivity (Wildman–Crippen MR) is 62.4 cm³/mol. The average molecular weight is 223 g/mol. The molecule has 1 aliphatic heterocycles. The molecular formula is C12H17NO3. The molecule has 1 atom stereocenters. The van der Waals surface area contributed by atoms with Crippen LogP contribution in [0.3, 0.4) is 0 Å². The summed E-state index contributed by atoms with van der Waals surface area (Å²) in [6, 6.07) is 5.73. The molecule has 1 aromatic carbocycles. The molecule has 0 spiro atoms. The minimum atomic E-state index is -0.365. The second-order valence-corrected chi connectivity index (χ2v) is 3.95. The third-order valence-electron chi connectivity index (χ3n) is 2.60. The number of para-hydroxylation sites is 1. The van der Waals surface area contributed by atoms with Crippen LogP contribution in [0.5, 0.6) is 11.5 Å². The van der Waals surface area contributed by atoms with Crippen LogP contribution in [-0.4, -0.2) is 38.0 Å². The van der Waals surface area contributed by atoms with Crippen LogP contribution in [0.4, 0.5) is 5.69 Å². The summed E-state index contributed by atoms with van der Waals surface area (Å²) in [7, 11) is 1.64. The monoisotopic (exact) mass is 223 g/mol. The molecule has 1 aliphatic rings. The molecule has 0 fully saturated rings. The van der Waals surface area contributed by atoms with Gasteiger partial charge in [0, 0.05) is 6.54 Å². The van der Waals surface area contributed by atoms with E-state index >= 15 is 0 Å². The minimum absolute atomic E-state index is 0.365. The molecule has 4 heteroatoms. The van der Waals surface area contributed by atoms with Crippen molar-refractivity contribution in [2.75, 3.05) is 31.7 Å².